The number of anilines is 2. The van der Waals surface area contributed by atoms with Gasteiger partial charge in [0, 0.05) is 32.4 Å². The predicted molar refractivity (Wildman–Crippen MR) is 114 cm³/mol. The van der Waals surface area contributed by atoms with Crippen molar-refractivity contribution in [2.75, 3.05) is 50.0 Å². The molecule has 0 atom stereocenters. The van der Waals surface area contributed by atoms with Gasteiger partial charge >= 0.3 is 6.09 Å². The molecule has 1 aromatic carbocycles. The van der Waals surface area contributed by atoms with Crippen LogP contribution in [0.2, 0.25) is 0 Å². The number of rotatable bonds is 5. The van der Waals surface area contributed by atoms with Gasteiger partial charge in [0.15, 0.2) is 0 Å². The molecule has 1 amide bonds. The highest BCUT2D eigenvalue weighted by Gasteiger charge is 2.25. The summed E-state index contributed by atoms with van der Waals surface area (Å²) in [6, 6.07) is 5.07. The lowest BCUT2D eigenvalue weighted by Gasteiger charge is -2.36. The van der Waals surface area contributed by atoms with E-state index in [0.717, 1.165) is 5.56 Å². The smallest absolute Gasteiger partial charge is 0.409 e. The van der Waals surface area contributed by atoms with Crippen molar-refractivity contribution in [2.24, 2.45) is 0 Å². The molecule has 1 N–H and O–H groups in total. The molecule has 3 rings (SSSR count). The first-order valence-corrected chi connectivity index (χ1v) is 10.9. The van der Waals surface area contributed by atoms with Gasteiger partial charge in [0.1, 0.15) is 5.75 Å². The van der Waals surface area contributed by atoms with Crippen LogP contribution in [-0.4, -0.2) is 64.8 Å². The molecule has 162 valence electrons. The van der Waals surface area contributed by atoms with Crippen LogP contribution in [0.4, 0.5) is 16.2 Å². The van der Waals surface area contributed by atoms with Crippen LogP contribution in [0.25, 0.3) is 0 Å². The topological polar surface area (TPSA) is 101 Å². The first kappa shape index (κ1) is 21.7. The summed E-state index contributed by atoms with van der Waals surface area (Å²) in [7, 11) is -0.931. The molecular weight excluding hydrogens is 408 g/mol. The molecule has 1 aliphatic heterocycles. The molecule has 0 bridgehead atoms. The maximum absolute atomic E-state index is 13.1. The third-order valence-electron chi connectivity index (χ3n) is 5.08. The van der Waals surface area contributed by atoms with Crippen molar-refractivity contribution in [1.29, 1.82) is 0 Å². The number of hydrogen-bond acceptors (Lipinski definition) is 7. The van der Waals surface area contributed by atoms with E-state index in [-0.39, 0.29) is 11.0 Å². The molecule has 1 fully saturated rings. The van der Waals surface area contributed by atoms with Crippen molar-refractivity contribution in [3.8, 4) is 5.75 Å². The highest BCUT2D eigenvalue weighted by Crippen LogP contribution is 2.31. The van der Waals surface area contributed by atoms with Crippen LogP contribution in [0.3, 0.4) is 0 Å². The first-order valence-electron chi connectivity index (χ1n) is 9.46. The summed E-state index contributed by atoms with van der Waals surface area (Å²) in [5.41, 5.74) is 2.41. The zero-order valence-electron chi connectivity index (χ0n) is 17.5. The number of sulfonamides is 1. The Hall–Kier alpha value is -3.01. The van der Waals surface area contributed by atoms with Crippen LogP contribution in [0.15, 0.2) is 35.5 Å². The van der Waals surface area contributed by atoms with E-state index in [9.17, 15) is 13.2 Å². The van der Waals surface area contributed by atoms with E-state index < -0.39 is 10.0 Å². The first-order chi connectivity index (χ1) is 14.3. The van der Waals surface area contributed by atoms with Crippen molar-refractivity contribution in [3.63, 3.8) is 0 Å². The summed E-state index contributed by atoms with van der Waals surface area (Å²) < 4.78 is 39.0. The Balaban J connectivity index is 1.85. The number of carbonyl (C=O) groups excluding carboxylic acids is 1. The lowest BCUT2D eigenvalue weighted by atomic mass is 10.1. The summed E-state index contributed by atoms with van der Waals surface area (Å²) in [4.78, 5) is 19.6. The van der Waals surface area contributed by atoms with E-state index in [1.54, 1.807) is 50.3 Å². The maximum atomic E-state index is 13.1. The lowest BCUT2D eigenvalue weighted by Crippen LogP contribution is -2.49. The number of hydrogen-bond donors (Lipinski definition) is 1. The second-order valence-electron chi connectivity index (χ2n) is 7.03. The fraction of sp³-hybridized carbons (Fsp3) is 0.400. The Morgan fingerprint density at radius 2 is 1.80 bits per heavy atom. The normalized spacial score (nSPS) is 14.4. The molecular formula is C20H26N4O5S. The molecule has 0 radical (unpaired) electrons. The highest BCUT2D eigenvalue weighted by atomic mass is 32.2. The van der Waals surface area contributed by atoms with E-state index >= 15 is 0 Å². The SMILES string of the molecule is COC(=O)N1CCN(c2ccncc2NS(=O)(=O)c2cc(C)c(OC)cc2C)CC1. The minimum Gasteiger partial charge on any atom is -0.496 e. The number of pyridine rings is 1. The molecule has 0 saturated carbocycles. The molecule has 0 unspecified atom stereocenters. The van der Waals surface area contributed by atoms with Gasteiger partial charge in [0.05, 0.1) is 36.7 Å². The van der Waals surface area contributed by atoms with Gasteiger partial charge in [-0.25, -0.2) is 13.2 Å². The van der Waals surface area contributed by atoms with Crippen molar-refractivity contribution in [3.05, 3.63) is 41.7 Å². The number of nitrogens with zero attached hydrogens (tertiary/aromatic N) is 3. The molecule has 30 heavy (non-hydrogen) atoms. The molecule has 2 aromatic rings. The second-order valence-corrected chi connectivity index (χ2v) is 8.68. The van der Waals surface area contributed by atoms with E-state index in [1.807, 2.05) is 4.90 Å². The van der Waals surface area contributed by atoms with Gasteiger partial charge in [-0.3, -0.25) is 9.71 Å². The highest BCUT2D eigenvalue weighted by molar-refractivity contribution is 7.92. The van der Waals surface area contributed by atoms with Gasteiger partial charge in [-0.1, -0.05) is 0 Å². The molecule has 0 spiro atoms. The summed E-state index contributed by atoms with van der Waals surface area (Å²) in [5, 5.41) is 0. The zero-order chi connectivity index (χ0) is 21.9. The van der Waals surface area contributed by atoms with Gasteiger partial charge in [-0.15, -0.1) is 0 Å². The molecule has 1 aliphatic rings. The van der Waals surface area contributed by atoms with E-state index in [4.69, 9.17) is 9.47 Å². The van der Waals surface area contributed by atoms with Crippen LogP contribution in [-0.2, 0) is 14.8 Å². The number of ether oxygens (including phenoxy) is 2. The minimum absolute atomic E-state index is 0.186. The number of methoxy groups -OCH3 is 2. The molecule has 1 aromatic heterocycles. The van der Waals surface area contributed by atoms with E-state index in [1.165, 1.54) is 13.3 Å². The zero-order valence-corrected chi connectivity index (χ0v) is 18.3. The summed E-state index contributed by atoms with van der Waals surface area (Å²) in [6.07, 6.45) is 2.74. The largest absolute Gasteiger partial charge is 0.496 e. The molecule has 1 saturated heterocycles. The number of amides is 1. The molecule has 0 aliphatic carbocycles. The Morgan fingerprint density at radius 3 is 2.43 bits per heavy atom. The van der Waals surface area contributed by atoms with Crippen LogP contribution < -0.4 is 14.4 Å². The summed E-state index contributed by atoms with van der Waals surface area (Å²) >= 11 is 0. The van der Waals surface area contributed by atoms with Crippen molar-refractivity contribution < 1.29 is 22.7 Å². The van der Waals surface area contributed by atoms with Crippen LogP contribution in [0.5, 0.6) is 5.75 Å². The Labute approximate surface area is 176 Å². The maximum Gasteiger partial charge on any atom is 0.409 e. The Kier molecular flexibility index (Phi) is 6.35. The van der Waals surface area contributed by atoms with Crippen molar-refractivity contribution >= 4 is 27.5 Å². The number of carbonyl (C=O) groups is 1. The number of aromatic nitrogens is 1. The Bertz CT molecular complexity index is 1030. The third-order valence-corrected chi connectivity index (χ3v) is 6.59. The predicted octanol–water partition coefficient (Wildman–Crippen LogP) is 2.40. The number of benzene rings is 1. The van der Waals surface area contributed by atoms with Crippen LogP contribution in [0, 0.1) is 13.8 Å². The minimum atomic E-state index is -3.84. The number of piperazine rings is 1. The van der Waals surface area contributed by atoms with Crippen LogP contribution in [0.1, 0.15) is 11.1 Å². The van der Waals surface area contributed by atoms with Gasteiger partial charge in [0.2, 0.25) is 0 Å². The van der Waals surface area contributed by atoms with E-state index in [0.29, 0.717) is 48.9 Å². The second kappa shape index (κ2) is 8.78. The van der Waals surface area contributed by atoms with Gasteiger partial charge in [0.25, 0.3) is 10.0 Å². The summed E-state index contributed by atoms with van der Waals surface area (Å²) in [6.45, 7) is 5.60. The standard InChI is InChI=1S/C20H26N4O5S/c1-14-12-19(15(2)11-18(14)28-3)30(26,27)22-16-13-21-6-5-17(16)23-7-9-24(10-8-23)20(25)29-4/h5-6,11-13,22H,7-10H2,1-4H3. The van der Waals surface area contributed by atoms with Gasteiger partial charge < -0.3 is 19.3 Å². The average Bonchev–Trinajstić information content (AvgIpc) is 2.74. The molecule has 2 heterocycles. The molecule has 9 nitrogen and oxygen atoms in total. The number of aryl methyl sites for hydroxylation is 2. The van der Waals surface area contributed by atoms with Gasteiger partial charge in [-0.2, -0.15) is 0 Å². The van der Waals surface area contributed by atoms with E-state index in [2.05, 4.69) is 9.71 Å². The fourth-order valence-electron chi connectivity index (χ4n) is 3.47. The third kappa shape index (κ3) is 4.43. The lowest BCUT2D eigenvalue weighted by molar-refractivity contribution is 0.121. The van der Waals surface area contributed by atoms with Crippen molar-refractivity contribution in [1.82, 2.24) is 9.88 Å². The van der Waals surface area contributed by atoms with Gasteiger partial charge in [-0.05, 0) is 43.2 Å². The van der Waals surface area contributed by atoms with Crippen LogP contribution >= 0.6 is 0 Å². The quantitative estimate of drug-likeness (QED) is 0.771. The average molecular weight is 435 g/mol. The number of nitrogens with one attached hydrogen (secondary N) is 1. The fourth-order valence-corrected chi connectivity index (χ4v) is 4.84. The Morgan fingerprint density at radius 1 is 1.10 bits per heavy atom. The summed E-state index contributed by atoms with van der Waals surface area (Å²) in [5.74, 6) is 0.636. The molecule has 10 heteroatoms. The monoisotopic (exact) mass is 434 g/mol. The van der Waals surface area contributed by atoms with Crippen molar-refractivity contribution in [2.45, 2.75) is 18.7 Å².